The molecule has 2 unspecified atom stereocenters. The Balaban J connectivity index is 3.88. The number of hydrogen-bond acceptors (Lipinski definition) is 2. The molecule has 0 rings (SSSR count). The summed E-state index contributed by atoms with van der Waals surface area (Å²) in [6, 6.07) is -0.747. The van der Waals surface area contributed by atoms with E-state index in [9.17, 15) is 9.59 Å². The number of amides is 3. The van der Waals surface area contributed by atoms with Crippen molar-refractivity contribution in [3.63, 3.8) is 0 Å². The lowest BCUT2D eigenvalue weighted by Crippen LogP contribution is -2.44. The molecule has 0 aliphatic heterocycles. The quantitative estimate of drug-likeness (QED) is 0.533. The Hall–Kier alpha value is -1.03. The van der Waals surface area contributed by atoms with Crippen LogP contribution in [-0.4, -0.2) is 23.4 Å². The molecule has 0 bridgehead atoms. The van der Waals surface area contributed by atoms with Gasteiger partial charge in [-0.1, -0.05) is 6.08 Å². The van der Waals surface area contributed by atoms with E-state index in [2.05, 4.69) is 17.2 Å². The second kappa shape index (κ2) is 5.59. The summed E-state index contributed by atoms with van der Waals surface area (Å²) in [4.78, 5) is 21.9. The van der Waals surface area contributed by atoms with Gasteiger partial charge < -0.3 is 5.32 Å². The predicted octanol–water partition coefficient (Wildman–Crippen LogP) is 1.01. The van der Waals surface area contributed by atoms with Crippen LogP contribution in [0.25, 0.3) is 0 Å². The smallest absolute Gasteiger partial charge is 0.321 e. The van der Waals surface area contributed by atoms with E-state index in [-0.39, 0.29) is 6.04 Å². The second-order valence-corrected chi connectivity index (χ2v) is 3.26. The maximum absolute atomic E-state index is 11.0. The molecular formula is C8H13ClN2O2. The van der Waals surface area contributed by atoms with Crippen LogP contribution in [0, 0.1) is 0 Å². The van der Waals surface area contributed by atoms with Gasteiger partial charge in [0, 0.05) is 6.04 Å². The molecule has 3 amide bonds. The van der Waals surface area contributed by atoms with Crippen LogP contribution >= 0.6 is 11.6 Å². The largest absolute Gasteiger partial charge is 0.332 e. The van der Waals surface area contributed by atoms with Gasteiger partial charge in [-0.3, -0.25) is 10.1 Å². The molecule has 0 fully saturated rings. The molecule has 0 aliphatic carbocycles. The second-order valence-electron chi connectivity index (χ2n) is 2.60. The molecule has 13 heavy (non-hydrogen) atoms. The molecule has 0 spiro atoms. The number of hydrogen-bond donors (Lipinski definition) is 2. The first-order chi connectivity index (χ1) is 5.97. The molecule has 0 aromatic heterocycles. The van der Waals surface area contributed by atoms with Gasteiger partial charge in [-0.05, 0) is 13.8 Å². The standard InChI is InChI=1S/C8H13ClN2O2/c1-4-5(2)10-8(13)11-7(12)6(3)9/h4-6H,1H2,2-3H3,(H2,10,11,12,13). The van der Waals surface area contributed by atoms with Crippen molar-refractivity contribution < 1.29 is 9.59 Å². The summed E-state index contributed by atoms with van der Waals surface area (Å²) >= 11 is 5.43. The van der Waals surface area contributed by atoms with E-state index in [4.69, 9.17) is 11.6 Å². The maximum Gasteiger partial charge on any atom is 0.321 e. The highest BCUT2D eigenvalue weighted by atomic mass is 35.5. The zero-order valence-electron chi connectivity index (χ0n) is 7.63. The fraction of sp³-hybridized carbons (Fsp3) is 0.500. The summed E-state index contributed by atoms with van der Waals surface area (Å²) in [7, 11) is 0. The zero-order chi connectivity index (χ0) is 10.4. The van der Waals surface area contributed by atoms with Crippen LogP contribution in [0.5, 0.6) is 0 Å². The van der Waals surface area contributed by atoms with E-state index in [1.165, 1.54) is 6.92 Å². The molecule has 0 heterocycles. The minimum Gasteiger partial charge on any atom is -0.332 e. The summed E-state index contributed by atoms with van der Waals surface area (Å²) in [5.41, 5.74) is 0. The molecule has 74 valence electrons. The molecule has 0 aromatic rings. The number of carbonyl (C=O) groups excluding carboxylic acids is 2. The summed E-state index contributed by atoms with van der Waals surface area (Å²) in [5, 5.41) is 3.83. The highest BCUT2D eigenvalue weighted by molar-refractivity contribution is 6.31. The molecule has 4 nitrogen and oxygen atoms in total. The van der Waals surface area contributed by atoms with Gasteiger partial charge in [0.15, 0.2) is 0 Å². The Bertz CT molecular complexity index is 216. The van der Waals surface area contributed by atoms with Gasteiger partial charge in [-0.15, -0.1) is 18.2 Å². The molecular weight excluding hydrogens is 192 g/mol. The molecule has 2 N–H and O–H groups in total. The number of imide groups is 1. The van der Waals surface area contributed by atoms with E-state index in [0.717, 1.165) is 0 Å². The summed E-state index contributed by atoms with van der Waals surface area (Å²) in [6.07, 6.45) is 1.55. The molecule has 5 heteroatoms. The fourth-order valence-electron chi connectivity index (χ4n) is 0.513. The van der Waals surface area contributed by atoms with Crippen molar-refractivity contribution >= 4 is 23.5 Å². The van der Waals surface area contributed by atoms with Gasteiger partial charge in [0.05, 0.1) is 0 Å². The summed E-state index contributed by atoms with van der Waals surface area (Å²) in [5.74, 6) is -0.518. The minimum absolute atomic E-state index is 0.182. The highest BCUT2D eigenvalue weighted by Gasteiger charge is 2.13. The van der Waals surface area contributed by atoms with Crippen LogP contribution in [-0.2, 0) is 4.79 Å². The normalized spacial score (nSPS) is 14.1. The monoisotopic (exact) mass is 204 g/mol. The summed E-state index contributed by atoms with van der Waals surface area (Å²) < 4.78 is 0. The number of rotatable bonds is 3. The molecule has 0 saturated carbocycles. The van der Waals surface area contributed by atoms with Crippen LogP contribution < -0.4 is 10.6 Å². The van der Waals surface area contributed by atoms with Crippen molar-refractivity contribution in [2.75, 3.05) is 0 Å². The Morgan fingerprint density at radius 3 is 2.38 bits per heavy atom. The van der Waals surface area contributed by atoms with E-state index >= 15 is 0 Å². The van der Waals surface area contributed by atoms with Gasteiger partial charge in [0.25, 0.3) is 0 Å². The van der Waals surface area contributed by atoms with Crippen molar-refractivity contribution in [3.8, 4) is 0 Å². The van der Waals surface area contributed by atoms with Crippen LogP contribution in [0.15, 0.2) is 12.7 Å². The minimum atomic E-state index is -0.718. The van der Waals surface area contributed by atoms with Crippen LogP contribution in [0.1, 0.15) is 13.8 Å². The Morgan fingerprint density at radius 1 is 1.46 bits per heavy atom. The number of urea groups is 1. The molecule has 0 aliphatic rings. The Kier molecular flexibility index (Phi) is 5.14. The third kappa shape index (κ3) is 5.25. The first-order valence-corrected chi connectivity index (χ1v) is 4.29. The number of alkyl halides is 1. The van der Waals surface area contributed by atoms with Crippen molar-refractivity contribution in [2.45, 2.75) is 25.3 Å². The lowest BCUT2D eigenvalue weighted by molar-refractivity contribution is -0.119. The first kappa shape index (κ1) is 12.0. The number of carbonyl (C=O) groups is 2. The van der Waals surface area contributed by atoms with E-state index in [0.29, 0.717) is 0 Å². The van der Waals surface area contributed by atoms with Crippen LogP contribution in [0.4, 0.5) is 4.79 Å². The van der Waals surface area contributed by atoms with E-state index in [1.807, 2.05) is 0 Å². The zero-order valence-corrected chi connectivity index (χ0v) is 8.39. The lowest BCUT2D eigenvalue weighted by atomic mass is 10.3. The Morgan fingerprint density at radius 2 is 2.00 bits per heavy atom. The average Bonchev–Trinajstić information content (AvgIpc) is 2.03. The van der Waals surface area contributed by atoms with Crippen LogP contribution in [0.2, 0.25) is 0 Å². The van der Waals surface area contributed by atoms with Gasteiger partial charge in [-0.2, -0.15) is 0 Å². The fourth-order valence-corrected chi connectivity index (χ4v) is 0.568. The SMILES string of the molecule is C=CC(C)NC(=O)NC(=O)C(C)Cl. The van der Waals surface area contributed by atoms with Crippen molar-refractivity contribution in [3.05, 3.63) is 12.7 Å². The summed E-state index contributed by atoms with van der Waals surface area (Å²) in [6.45, 7) is 6.70. The average molecular weight is 205 g/mol. The molecule has 2 atom stereocenters. The molecule has 0 radical (unpaired) electrons. The van der Waals surface area contributed by atoms with Gasteiger partial charge in [-0.25, -0.2) is 4.79 Å². The molecule has 0 aromatic carbocycles. The third-order valence-corrected chi connectivity index (χ3v) is 1.51. The lowest BCUT2D eigenvalue weighted by Gasteiger charge is -2.10. The number of nitrogens with one attached hydrogen (secondary N) is 2. The topological polar surface area (TPSA) is 58.2 Å². The predicted molar refractivity (Wildman–Crippen MR) is 51.6 cm³/mol. The van der Waals surface area contributed by atoms with Crippen molar-refractivity contribution in [1.82, 2.24) is 10.6 Å². The van der Waals surface area contributed by atoms with Crippen molar-refractivity contribution in [1.29, 1.82) is 0 Å². The first-order valence-electron chi connectivity index (χ1n) is 3.85. The van der Waals surface area contributed by atoms with Gasteiger partial charge >= 0.3 is 6.03 Å². The Labute approximate surface area is 82.3 Å². The van der Waals surface area contributed by atoms with Crippen LogP contribution in [0.3, 0.4) is 0 Å². The van der Waals surface area contributed by atoms with Gasteiger partial charge in [0.2, 0.25) is 5.91 Å². The third-order valence-electron chi connectivity index (χ3n) is 1.31. The molecule has 0 saturated heterocycles. The highest BCUT2D eigenvalue weighted by Crippen LogP contribution is 1.92. The van der Waals surface area contributed by atoms with Gasteiger partial charge in [0.1, 0.15) is 5.38 Å². The number of halogens is 1. The van der Waals surface area contributed by atoms with E-state index < -0.39 is 17.3 Å². The maximum atomic E-state index is 11.0. The van der Waals surface area contributed by atoms with Crippen molar-refractivity contribution in [2.24, 2.45) is 0 Å². The van der Waals surface area contributed by atoms with E-state index in [1.54, 1.807) is 13.0 Å².